The van der Waals surface area contributed by atoms with Gasteiger partial charge in [-0.15, -0.1) is 0 Å². The summed E-state index contributed by atoms with van der Waals surface area (Å²) >= 11 is 0. The summed E-state index contributed by atoms with van der Waals surface area (Å²) in [6, 6.07) is 5.19. The van der Waals surface area contributed by atoms with Crippen LogP contribution in [0.25, 0.3) is 0 Å². The van der Waals surface area contributed by atoms with E-state index in [0.29, 0.717) is 6.54 Å². The van der Waals surface area contributed by atoms with Gasteiger partial charge in [0.05, 0.1) is 17.8 Å². The Labute approximate surface area is 122 Å². The van der Waals surface area contributed by atoms with Crippen molar-refractivity contribution in [2.24, 2.45) is 5.73 Å². The van der Waals surface area contributed by atoms with E-state index < -0.39 is 11.7 Å². The predicted molar refractivity (Wildman–Crippen MR) is 74.8 cm³/mol. The molecule has 0 aliphatic carbocycles. The van der Waals surface area contributed by atoms with Gasteiger partial charge in [-0.2, -0.15) is 13.2 Å². The van der Waals surface area contributed by atoms with Crippen LogP contribution in [0.5, 0.6) is 0 Å². The summed E-state index contributed by atoms with van der Waals surface area (Å²) in [6.45, 7) is 5.80. The SMILES string of the molecule is C[C@@H]1CN([C@H](CN)c2ccc(C(F)(F)F)cc2)C[C@H](C)O1. The molecule has 0 aromatic heterocycles. The maximum absolute atomic E-state index is 12.6. The summed E-state index contributed by atoms with van der Waals surface area (Å²) in [5, 5.41) is 0. The zero-order valence-corrected chi connectivity index (χ0v) is 12.2. The third kappa shape index (κ3) is 3.96. The summed E-state index contributed by atoms with van der Waals surface area (Å²) in [4.78, 5) is 2.18. The molecular weight excluding hydrogens is 281 g/mol. The fourth-order valence-corrected chi connectivity index (χ4v) is 2.86. The van der Waals surface area contributed by atoms with Gasteiger partial charge in [-0.3, -0.25) is 4.90 Å². The minimum absolute atomic E-state index is 0.0823. The standard InChI is InChI=1S/C15H21F3N2O/c1-10-8-20(9-11(2)21-10)14(7-19)12-3-5-13(6-4-12)15(16,17)18/h3-6,10-11,14H,7-9,19H2,1-2H3/t10-,11+,14-/m1/s1. The van der Waals surface area contributed by atoms with Gasteiger partial charge in [0.2, 0.25) is 0 Å². The molecule has 2 rings (SSSR count). The first-order valence-corrected chi connectivity index (χ1v) is 7.08. The van der Waals surface area contributed by atoms with E-state index in [0.717, 1.165) is 30.8 Å². The number of alkyl halides is 3. The van der Waals surface area contributed by atoms with Gasteiger partial charge < -0.3 is 10.5 Å². The molecule has 1 aliphatic heterocycles. The number of benzene rings is 1. The van der Waals surface area contributed by atoms with E-state index in [4.69, 9.17) is 10.5 Å². The highest BCUT2D eigenvalue weighted by Gasteiger charge is 2.31. The summed E-state index contributed by atoms with van der Waals surface area (Å²) in [7, 11) is 0. The van der Waals surface area contributed by atoms with Crippen molar-refractivity contribution in [3.05, 3.63) is 35.4 Å². The number of ether oxygens (including phenoxy) is 1. The van der Waals surface area contributed by atoms with Crippen molar-refractivity contribution < 1.29 is 17.9 Å². The van der Waals surface area contributed by atoms with E-state index in [9.17, 15) is 13.2 Å². The van der Waals surface area contributed by atoms with E-state index in [1.807, 2.05) is 13.8 Å². The van der Waals surface area contributed by atoms with E-state index in [-0.39, 0.29) is 18.2 Å². The van der Waals surface area contributed by atoms with Crippen LogP contribution >= 0.6 is 0 Å². The molecule has 1 aromatic rings. The van der Waals surface area contributed by atoms with Gasteiger partial charge in [-0.05, 0) is 31.5 Å². The normalized spacial score (nSPS) is 25.8. The third-order valence-electron chi connectivity index (χ3n) is 3.73. The first kappa shape index (κ1) is 16.3. The third-order valence-corrected chi connectivity index (χ3v) is 3.73. The van der Waals surface area contributed by atoms with Crippen LogP contribution in [0, 0.1) is 0 Å². The second-order valence-electron chi connectivity index (χ2n) is 5.58. The summed E-state index contributed by atoms with van der Waals surface area (Å²) in [5.41, 5.74) is 6.02. The minimum atomic E-state index is -4.31. The smallest absolute Gasteiger partial charge is 0.373 e. The van der Waals surface area contributed by atoms with E-state index in [2.05, 4.69) is 4.90 Å². The average Bonchev–Trinajstić information content (AvgIpc) is 2.38. The summed E-state index contributed by atoms with van der Waals surface area (Å²) in [5.74, 6) is 0. The zero-order valence-electron chi connectivity index (χ0n) is 12.2. The van der Waals surface area contributed by atoms with E-state index >= 15 is 0 Å². The van der Waals surface area contributed by atoms with Crippen LogP contribution < -0.4 is 5.73 Å². The molecule has 118 valence electrons. The number of nitrogens with zero attached hydrogens (tertiary/aromatic N) is 1. The average molecular weight is 302 g/mol. The minimum Gasteiger partial charge on any atom is -0.373 e. The molecule has 0 unspecified atom stereocenters. The lowest BCUT2D eigenvalue weighted by molar-refractivity contribution is -0.137. The fraction of sp³-hybridized carbons (Fsp3) is 0.600. The number of hydrogen-bond donors (Lipinski definition) is 1. The highest BCUT2D eigenvalue weighted by molar-refractivity contribution is 5.27. The van der Waals surface area contributed by atoms with Crippen molar-refractivity contribution in [2.75, 3.05) is 19.6 Å². The summed E-state index contributed by atoms with van der Waals surface area (Å²) in [6.07, 6.45) is -4.12. The predicted octanol–water partition coefficient (Wildman–Crippen LogP) is 2.81. The Balaban J connectivity index is 2.17. The van der Waals surface area contributed by atoms with Crippen LogP contribution in [0.3, 0.4) is 0 Å². The Morgan fingerprint density at radius 2 is 1.71 bits per heavy atom. The molecule has 0 radical (unpaired) electrons. The Hall–Kier alpha value is -1.11. The van der Waals surface area contributed by atoms with Crippen molar-refractivity contribution in [3.63, 3.8) is 0 Å². The second kappa shape index (κ2) is 6.34. The van der Waals surface area contributed by atoms with Gasteiger partial charge in [0, 0.05) is 25.7 Å². The number of nitrogens with two attached hydrogens (primary N) is 1. The molecule has 1 heterocycles. The lowest BCUT2D eigenvalue weighted by atomic mass is 10.0. The van der Waals surface area contributed by atoms with Crippen LogP contribution in [0.2, 0.25) is 0 Å². The molecule has 3 nitrogen and oxygen atoms in total. The summed E-state index contributed by atoms with van der Waals surface area (Å²) < 4.78 is 43.5. The van der Waals surface area contributed by atoms with E-state index in [1.165, 1.54) is 12.1 Å². The Kier molecular flexibility index (Phi) is 4.91. The van der Waals surface area contributed by atoms with Gasteiger partial charge in [0.25, 0.3) is 0 Å². The maximum Gasteiger partial charge on any atom is 0.416 e. The highest BCUT2D eigenvalue weighted by atomic mass is 19.4. The van der Waals surface area contributed by atoms with E-state index in [1.54, 1.807) is 0 Å². The fourth-order valence-electron chi connectivity index (χ4n) is 2.86. The van der Waals surface area contributed by atoms with Gasteiger partial charge in [-0.25, -0.2) is 0 Å². The Morgan fingerprint density at radius 3 is 2.14 bits per heavy atom. The number of rotatable bonds is 3. The maximum atomic E-state index is 12.6. The first-order valence-electron chi connectivity index (χ1n) is 7.08. The van der Waals surface area contributed by atoms with Crippen molar-refractivity contribution in [3.8, 4) is 0 Å². The van der Waals surface area contributed by atoms with Crippen LogP contribution in [-0.4, -0.2) is 36.7 Å². The first-order chi connectivity index (χ1) is 9.81. The van der Waals surface area contributed by atoms with Crippen molar-refractivity contribution >= 4 is 0 Å². The molecule has 21 heavy (non-hydrogen) atoms. The van der Waals surface area contributed by atoms with Gasteiger partial charge in [-0.1, -0.05) is 12.1 Å². The lowest BCUT2D eigenvalue weighted by Crippen LogP contribution is -2.48. The molecular formula is C15H21F3N2O. The second-order valence-corrected chi connectivity index (χ2v) is 5.58. The molecule has 0 amide bonds. The number of halogens is 3. The molecule has 0 spiro atoms. The number of hydrogen-bond acceptors (Lipinski definition) is 3. The van der Waals surface area contributed by atoms with Crippen molar-refractivity contribution in [1.29, 1.82) is 0 Å². The lowest BCUT2D eigenvalue weighted by Gasteiger charge is -2.40. The number of morpholine rings is 1. The highest BCUT2D eigenvalue weighted by Crippen LogP contribution is 2.31. The van der Waals surface area contributed by atoms with Crippen LogP contribution in [0.15, 0.2) is 24.3 Å². The van der Waals surface area contributed by atoms with Crippen LogP contribution in [-0.2, 0) is 10.9 Å². The van der Waals surface area contributed by atoms with Crippen LogP contribution in [0.1, 0.15) is 31.0 Å². The zero-order chi connectivity index (χ0) is 15.6. The van der Waals surface area contributed by atoms with Crippen molar-refractivity contribution in [1.82, 2.24) is 4.90 Å². The topological polar surface area (TPSA) is 38.5 Å². The van der Waals surface area contributed by atoms with Crippen LogP contribution in [0.4, 0.5) is 13.2 Å². The molecule has 1 saturated heterocycles. The van der Waals surface area contributed by atoms with Gasteiger partial charge in [0.1, 0.15) is 0 Å². The molecule has 0 saturated carbocycles. The molecule has 1 aliphatic rings. The van der Waals surface area contributed by atoms with Gasteiger partial charge >= 0.3 is 6.18 Å². The largest absolute Gasteiger partial charge is 0.416 e. The van der Waals surface area contributed by atoms with Gasteiger partial charge in [0.15, 0.2) is 0 Å². The van der Waals surface area contributed by atoms with Crippen molar-refractivity contribution in [2.45, 2.75) is 38.3 Å². The molecule has 1 aromatic carbocycles. The molecule has 2 N–H and O–H groups in total. The quantitative estimate of drug-likeness (QED) is 0.933. The molecule has 1 fully saturated rings. The Bertz CT molecular complexity index is 451. The molecule has 6 heteroatoms. The molecule has 3 atom stereocenters. The Morgan fingerprint density at radius 1 is 1.19 bits per heavy atom. The monoisotopic (exact) mass is 302 g/mol. The molecule has 0 bridgehead atoms.